The van der Waals surface area contributed by atoms with Gasteiger partial charge in [0.1, 0.15) is 11.5 Å². The van der Waals surface area contributed by atoms with Gasteiger partial charge in [0.25, 0.3) is 5.91 Å². The minimum Gasteiger partial charge on any atom is -0.465 e. The Kier molecular flexibility index (Phi) is 5.13. The Hall–Kier alpha value is -2.04. The highest BCUT2D eigenvalue weighted by Gasteiger charge is 2.22. The Labute approximate surface area is 119 Å². The molecule has 0 radical (unpaired) electrons. The fourth-order valence-corrected chi connectivity index (χ4v) is 1.61. The number of furan rings is 1. The van der Waals surface area contributed by atoms with E-state index in [-0.39, 0.29) is 17.2 Å². The van der Waals surface area contributed by atoms with Crippen molar-refractivity contribution < 1.29 is 14.0 Å². The topological polar surface area (TPSA) is 71.3 Å². The van der Waals surface area contributed by atoms with Gasteiger partial charge in [0.2, 0.25) is 5.91 Å². The van der Waals surface area contributed by atoms with Crippen molar-refractivity contribution in [2.45, 2.75) is 33.1 Å². The average Bonchev–Trinajstić information content (AvgIpc) is 2.76. The molecule has 0 saturated carbocycles. The Bertz CT molecular complexity index is 510. The predicted molar refractivity (Wildman–Crippen MR) is 77.7 cm³/mol. The van der Waals surface area contributed by atoms with E-state index in [0.717, 1.165) is 5.76 Å². The van der Waals surface area contributed by atoms with Gasteiger partial charge in [0, 0.05) is 18.5 Å². The van der Waals surface area contributed by atoms with E-state index in [0.29, 0.717) is 24.4 Å². The summed E-state index contributed by atoms with van der Waals surface area (Å²) in [5.74, 6) is 0.922. The molecule has 1 rings (SSSR count). The molecule has 1 aromatic heterocycles. The van der Waals surface area contributed by atoms with Crippen LogP contribution in [0.5, 0.6) is 0 Å². The number of aryl methyl sites for hydroxylation is 1. The standard InChI is InChI=1S/C15H22N2O3/c1-6-13(18)16-7-8-17-14(19)11-9-12(15(3,4)5)20-10(11)2/h6,9H,1,7-8H2,2-5H3,(H,16,18)(H,17,19). The first kappa shape index (κ1) is 16.0. The predicted octanol–water partition coefficient (Wildman–Crippen LogP) is 1.92. The van der Waals surface area contributed by atoms with Gasteiger partial charge >= 0.3 is 0 Å². The van der Waals surface area contributed by atoms with Crippen molar-refractivity contribution in [2.24, 2.45) is 0 Å². The summed E-state index contributed by atoms with van der Waals surface area (Å²) in [6.07, 6.45) is 1.19. The number of hydrogen-bond donors (Lipinski definition) is 2. The number of hydrogen-bond acceptors (Lipinski definition) is 3. The molecule has 5 heteroatoms. The van der Waals surface area contributed by atoms with Crippen LogP contribution in [0.1, 0.15) is 42.6 Å². The molecule has 5 nitrogen and oxygen atoms in total. The van der Waals surface area contributed by atoms with Crippen LogP contribution in [0.15, 0.2) is 23.1 Å². The maximum absolute atomic E-state index is 12.0. The number of rotatable bonds is 5. The molecule has 0 aromatic carbocycles. The molecule has 0 saturated heterocycles. The third-order valence-electron chi connectivity index (χ3n) is 2.80. The van der Waals surface area contributed by atoms with Crippen LogP contribution in [0.25, 0.3) is 0 Å². The van der Waals surface area contributed by atoms with E-state index in [2.05, 4.69) is 17.2 Å². The van der Waals surface area contributed by atoms with Crippen molar-refractivity contribution in [3.8, 4) is 0 Å². The quantitative estimate of drug-likeness (QED) is 0.638. The number of carbonyl (C=O) groups excluding carboxylic acids is 2. The van der Waals surface area contributed by atoms with Crippen molar-refractivity contribution in [1.82, 2.24) is 10.6 Å². The minimum atomic E-state index is -0.256. The third kappa shape index (κ3) is 4.26. The lowest BCUT2D eigenvalue weighted by molar-refractivity contribution is -0.116. The van der Waals surface area contributed by atoms with Crippen LogP contribution < -0.4 is 10.6 Å². The average molecular weight is 278 g/mol. The van der Waals surface area contributed by atoms with Gasteiger partial charge < -0.3 is 15.1 Å². The Morgan fingerprint density at radius 2 is 1.90 bits per heavy atom. The molecule has 0 spiro atoms. The van der Waals surface area contributed by atoms with Gasteiger partial charge in [0.15, 0.2) is 0 Å². The molecule has 0 aliphatic heterocycles. The Morgan fingerprint density at radius 1 is 1.30 bits per heavy atom. The highest BCUT2D eigenvalue weighted by atomic mass is 16.3. The van der Waals surface area contributed by atoms with Crippen LogP contribution in [-0.4, -0.2) is 24.9 Å². The van der Waals surface area contributed by atoms with Crippen molar-refractivity contribution in [3.63, 3.8) is 0 Å². The highest BCUT2D eigenvalue weighted by Crippen LogP contribution is 2.26. The zero-order chi connectivity index (χ0) is 15.3. The normalized spacial score (nSPS) is 11.0. The summed E-state index contributed by atoms with van der Waals surface area (Å²) in [5, 5.41) is 5.32. The molecule has 1 aromatic rings. The molecule has 110 valence electrons. The van der Waals surface area contributed by atoms with E-state index in [1.807, 2.05) is 20.8 Å². The van der Waals surface area contributed by atoms with E-state index >= 15 is 0 Å². The van der Waals surface area contributed by atoms with Gasteiger partial charge in [-0.15, -0.1) is 0 Å². The summed E-state index contributed by atoms with van der Waals surface area (Å²) in [6.45, 7) is 11.9. The largest absolute Gasteiger partial charge is 0.465 e. The van der Waals surface area contributed by atoms with Gasteiger partial charge in [0.05, 0.1) is 5.56 Å². The molecule has 2 N–H and O–H groups in total. The fourth-order valence-electron chi connectivity index (χ4n) is 1.61. The van der Waals surface area contributed by atoms with Gasteiger partial charge in [-0.2, -0.15) is 0 Å². The van der Waals surface area contributed by atoms with Crippen molar-refractivity contribution in [2.75, 3.05) is 13.1 Å². The molecule has 1 heterocycles. The minimum absolute atomic E-state index is 0.138. The highest BCUT2D eigenvalue weighted by molar-refractivity contribution is 5.95. The van der Waals surface area contributed by atoms with Gasteiger partial charge in [-0.05, 0) is 19.1 Å². The van der Waals surface area contributed by atoms with E-state index in [4.69, 9.17) is 4.42 Å². The Morgan fingerprint density at radius 3 is 2.40 bits per heavy atom. The first-order chi connectivity index (χ1) is 9.25. The lowest BCUT2D eigenvalue weighted by Gasteiger charge is -2.13. The van der Waals surface area contributed by atoms with Crippen molar-refractivity contribution >= 4 is 11.8 Å². The second-order valence-electron chi connectivity index (χ2n) is 5.58. The number of carbonyl (C=O) groups is 2. The summed E-state index contributed by atoms with van der Waals surface area (Å²) in [5.41, 5.74) is 0.395. The summed E-state index contributed by atoms with van der Waals surface area (Å²) in [7, 11) is 0. The molecular weight excluding hydrogens is 256 g/mol. The zero-order valence-electron chi connectivity index (χ0n) is 12.5. The van der Waals surface area contributed by atoms with Crippen LogP contribution >= 0.6 is 0 Å². The second-order valence-corrected chi connectivity index (χ2v) is 5.58. The van der Waals surface area contributed by atoms with Crippen molar-refractivity contribution in [1.29, 1.82) is 0 Å². The number of amides is 2. The summed E-state index contributed by atoms with van der Waals surface area (Å²) in [4.78, 5) is 23.0. The zero-order valence-corrected chi connectivity index (χ0v) is 12.5. The monoisotopic (exact) mass is 278 g/mol. The lowest BCUT2D eigenvalue weighted by Crippen LogP contribution is -2.34. The van der Waals surface area contributed by atoms with Crippen LogP contribution in [0.4, 0.5) is 0 Å². The maximum Gasteiger partial charge on any atom is 0.254 e. The molecule has 0 aliphatic rings. The summed E-state index contributed by atoms with van der Waals surface area (Å²) >= 11 is 0. The molecule has 0 unspecified atom stereocenters. The van der Waals surface area contributed by atoms with Gasteiger partial charge in [-0.3, -0.25) is 9.59 Å². The molecular formula is C15H22N2O3. The van der Waals surface area contributed by atoms with E-state index in [9.17, 15) is 9.59 Å². The van der Waals surface area contributed by atoms with E-state index < -0.39 is 0 Å². The molecule has 20 heavy (non-hydrogen) atoms. The molecule has 0 aliphatic carbocycles. The van der Waals surface area contributed by atoms with E-state index in [1.54, 1.807) is 13.0 Å². The maximum atomic E-state index is 12.0. The lowest BCUT2D eigenvalue weighted by atomic mass is 9.93. The van der Waals surface area contributed by atoms with E-state index in [1.165, 1.54) is 6.08 Å². The first-order valence-electron chi connectivity index (χ1n) is 6.55. The fraction of sp³-hybridized carbons (Fsp3) is 0.467. The molecule has 0 bridgehead atoms. The summed E-state index contributed by atoms with van der Waals surface area (Å²) in [6, 6.07) is 1.77. The van der Waals surface area contributed by atoms with Gasteiger partial charge in [-0.25, -0.2) is 0 Å². The smallest absolute Gasteiger partial charge is 0.254 e. The SMILES string of the molecule is C=CC(=O)NCCNC(=O)c1cc(C(C)(C)C)oc1C. The summed E-state index contributed by atoms with van der Waals surface area (Å²) < 4.78 is 5.62. The van der Waals surface area contributed by atoms with Crippen LogP contribution in [0.2, 0.25) is 0 Å². The Balaban J connectivity index is 2.58. The van der Waals surface area contributed by atoms with Crippen LogP contribution in [-0.2, 0) is 10.2 Å². The van der Waals surface area contributed by atoms with Crippen LogP contribution in [0.3, 0.4) is 0 Å². The molecule has 0 fully saturated rings. The number of nitrogens with one attached hydrogen (secondary N) is 2. The second kappa shape index (κ2) is 6.41. The molecule has 2 amide bonds. The van der Waals surface area contributed by atoms with Gasteiger partial charge in [-0.1, -0.05) is 27.4 Å². The van der Waals surface area contributed by atoms with Crippen molar-refractivity contribution in [3.05, 3.63) is 35.8 Å². The third-order valence-corrected chi connectivity index (χ3v) is 2.80. The van der Waals surface area contributed by atoms with Crippen LogP contribution in [0, 0.1) is 6.92 Å². The molecule has 0 atom stereocenters. The first-order valence-corrected chi connectivity index (χ1v) is 6.55.